The van der Waals surface area contributed by atoms with E-state index in [1.807, 2.05) is 6.07 Å². The van der Waals surface area contributed by atoms with E-state index in [4.69, 9.17) is 0 Å². The van der Waals surface area contributed by atoms with E-state index in [1.165, 1.54) is 9.58 Å². The summed E-state index contributed by atoms with van der Waals surface area (Å²) in [5, 5.41) is 13.0. The SMILES string of the molecule is CN(C(=O)[C@@H](CC(=O)Cn1nc(C(F)(F)F)c2c1CCCC2)Cc1cccc(C#N)c1)c1ccccc1. The molecule has 6 nitrogen and oxygen atoms in total. The van der Waals surface area contributed by atoms with Crippen molar-refractivity contribution in [2.24, 2.45) is 5.92 Å². The molecule has 1 aliphatic rings. The van der Waals surface area contributed by atoms with Gasteiger partial charge >= 0.3 is 6.18 Å². The molecule has 192 valence electrons. The van der Waals surface area contributed by atoms with Crippen LogP contribution in [0.3, 0.4) is 0 Å². The van der Waals surface area contributed by atoms with Crippen LogP contribution in [-0.2, 0) is 41.6 Å². The number of Topliss-reactive ketones (excluding diaryl/α,β-unsaturated/α-hetero) is 1. The van der Waals surface area contributed by atoms with E-state index in [1.54, 1.807) is 55.6 Å². The number of hydrogen-bond acceptors (Lipinski definition) is 4. The molecule has 37 heavy (non-hydrogen) atoms. The monoisotopic (exact) mass is 508 g/mol. The van der Waals surface area contributed by atoms with Gasteiger partial charge in [-0.3, -0.25) is 14.3 Å². The van der Waals surface area contributed by atoms with Crippen LogP contribution >= 0.6 is 0 Å². The summed E-state index contributed by atoms with van der Waals surface area (Å²) in [5.74, 6) is -1.43. The molecule has 1 aromatic heterocycles. The van der Waals surface area contributed by atoms with Crippen molar-refractivity contribution >= 4 is 17.4 Å². The van der Waals surface area contributed by atoms with Crippen molar-refractivity contribution in [3.63, 3.8) is 0 Å². The van der Waals surface area contributed by atoms with E-state index in [-0.39, 0.29) is 43.1 Å². The molecular formula is C28H27F3N4O2. The minimum atomic E-state index is -4.58. The normalized spacial score (nSPS) is 13.9. The van der Waals surface area contributed by atoms with Crippen LogP contribution < -0.4 is 4.90 Å². The number of rotatable bonds is 8. The van der Waals surface area contributed by atoms with Gasteiger partial charge in [-0.05, 0) is 61.9 Å². The molecule has 0 bridgehead atoms. The number of halogens is 3. The first-order valence-corrected chi connectivity index (χ1v) is 12.2. The van der Waals surface area contributed by atoms with Gasteiger partial charge in [0, 0.05) is 36.3 Å². The largest absolute Gasteiger partial charge is 0.435 e. The zero-order valence-corrected chi connectivity index (χ0v) is 20.5. The van der Waals surface area contributed by atoms with Gasteiger partial charge in [-0.25, -0.2) is 0 Å². The number of aromatic nitrogens is 2. The lowest BCUT2D eigenvalue weighted by Crippen LogP contribution is -2.35. The minimum absolute atomic E-state index is 0.164. The lowest BCUT2D eigenvalue weighted by atomic mass is 9.92. The molecule has 0 N–H and O–H groups in total. The van der Waals surface area contributed by atoms with Crippen LogP contribution in [0.5, 0.6) is 0 Å². The second-order valence-corrected chi connectivity index (χ2v) is 9.33. The molecule has 4 rings (SSSR count). The molecule has 0 radical (unpaired) electrons. The first-order valence-electron chi connectivity index (χ1n) is 12.2. The quantitative estimate of drug-likeness (QED) is 0.423. The van der Waals surface area contributed by atoms with Gasteiger partial charge in [-0.2, -0.15) is 23.5 Å². The van der Waals surface area contributed by atoms with Gasteiger partial charge < -0.3 is 4.90 Å². The molecule has 1 aliphatic carbocycles. The van der Waals surface area contributed by atoms with Crippen LogP contribution in [0.25, 0.3) is 0 Å². The van der Waals surface area contributed by atoms with Gasteiger partial charge in [0.15, 0.2) is 11.5 Å². The van der Waals surface area contributed by atoms with Crippen LogP contribution in [0.15, 0.2) is 54.6 Å². The highest BCUT2D eigenvalue weighted by Crippen LogP contribution is 2.36. The molecule has 1 heterocycles. The van der Waals surface area contributed by atoms with Gasteiger partial charge in [-0.15, -0.1) is 0 Å². The molecule has 0 saturated heterocycles. The Morgan fingerprint density at radius 1 is 1.11 bits per heavy atom. The van der Waals surface area contributed by atoms with E-state index in [0.717, 1.165) is 12.0 Å². The third-order valence-electron chi connectivity index (χ3n) is 6.69. The average molecular weight is 509 g/mol. The molecule has 2 aromatic carbocycles. The number of amides is 1. The van der Waals surface area contributed by atoms with E-state index < -0.39 is 17.8 Å². The Morgan fingerprint density at radius 3 is 2.54 bits per heavy atom. The predicted octanol–water partition coefficient (Wildman–Crippen LogP) is 5.13. The number of ketones is 1. The number of hydrogen-bond donors (Lipinski definition) is 0. The number of benzene rings is 2. The highest BCUT2D eigenvalue weighted by atomic mass is 19.4. The first kappa shape index (κ1) is 26.1. The highest BCUT2D eigenvalue weighted by molar-refractivity contribution is 5.97. The summed E-state index contributed by atoms with van der Waals surface area (Å²) in [6.45, 7) is -0.324. The molecule has 0 saturated carbocycles. The summed E-state index contributed by atoms with van der Waals surface area (Å²) < 4.78 is 41.9. The lowest BCUT2D eigenvalue weighted by Gasteiger charge is -2.24. The molecule has 0 aliphatic heterocycles. The summed E-state index contributed by atoms with van der Waals surface area (Å²) in [4.78, 5) is 28.2. The second-order valence-electron chi connectivity index (χ2n) is 9.33. The smallest absolute Gasteiger partial charge is 0.315 e. The van der Waals surface area contributed by atoms with E-state index in [2.05, 4.69) is 11.2 Å². The maximum atomic E-state index is 13.6. The van der Waals surface area contributed by atoms with Gasteiger partial charge in [-0.1, -0.05) is 30.3 Å². The van der Waals surface area contributed by atoms with Crippen LogP contribution in [0.4, 0.5) is 18.9 Å². The fraction of sp³-hybridized carbons (Fsp3) is 0.357. The first-order chi connectivity index (χ1) is 17.7. The fourth-order valence-electron chi connectivity index (χ4n) is 4.89. The van der Waals surface area contributed by atoms with E-state index in [0.29, 0.717) is 29.8 Å². The summed E-state index contributed by atoms with van der Waals surface area (Å²) in [6.07, 6.45) is -2.42. The Hall–Kier alpha value is -3.93. The number of carbonyl (C=O) groups is 2. The number of anilines is 1. The predicted molar refractivity (Wildman–Crippen MR) is 132 cm³/mol. The molecule has 1 atom stereocenters. The number of para-hydroxylation sites is 1. The molecule has 0 unspecified atom stereocenters. The van der Waals surface area contributed by atoms with Crippen molar-refractivity contribution in [1.82, 2.24) is 9.78 Å². The highest BCUT2D eigenvalue weighted by Gasteiger charge is 2.39. The second kappa shape index (κ2) is 11.0. The third kappa shape index (κ3) is 6.08. The fourth-order valence-corrected chi connectivity index (χ4v) is 4.89. The van der Waals surface area contributed by atoms with Crippen molar-refractivity contribution < 1.29 is 22.8 Å². The van der Waals surface area contributed by atoms with Crippen LogP contribution in [0.1, 0.15) is 47.3 Å². The standard InChI is InChI=1S/C28H27F3N4O2/c1-34(22-10-3-2-4-11-22)27(37)21(15-19-8-7-9-20(14-19)17-32)16-23(36)18-35-25-13-6-5-12-24(25)26(33-35)28(29,30)31/h2-4,7-11,14,21H,5-6,12-13,15-16,18H2,1H3/t21-/m1/s1. The molecule has 9 heteroatoms. The Labute approximate surface area is 213 Å². The Kier molecular flexibility index (Phi) is 7.77. The van der Waals surface area contributed by atoms with Gasteiger partial charge in [0.1, 0.15) is 0 Å². The van der Waals surface area contributed by atoms with Crippen molar-refractivity contribution in [1.29, 1.82) is 5.26 Å². The number of fused-ring (bicyclic) bond motifs is 1. The number of alkyl halides is 3. The number of nitrogens with zero attached hydrogens (tertiary/aromatic N) is 4. The number of carbonyl (C=O) groups excluding carboxylic acids is 2. The van der Waals surface area contributed by atoms with Crippen molar-refractivity contribution in [2.45, 2.75) is 51.2 Å². The van der Waals surface area contributed by atoms with Crippen molar-refractivity contribution in [3.8, 4) is 6.07 Å². The van der Waals surface area contributed by atoms with Gasteiger partial charge in [0.05, 0.1) is 18.2 Å². The summed E-state index contributed by atoms with van der Waals surface area (Å²) >= 11 is 0. The number of nitriles is 1. The zero-order valence-electron chi connectivity index (χ0n) is 20.5. The molecule has 0 spiro atoms. The van der Waals surface area contributed by atoms with Crippen LogP contribution in [-0.4, -0.2) is 28.5 Å². The van der Waals surface area contributed by atoms with Crippen LogP contribution in [0, 0.1) is 17.2 Å². The minimum Gasteiger partial charge on any atom is -0.315 e. The summed E-state index contributed by atoms with van der Waals surface area (Å²) in [5.41, 5.74) is 1.54. The summed E-state index contributed by atoms with van der Waals surface area (Å²) in [6, 6.07) is 17.9. The Morgan fingerprint density at radius 2 is 1.84 bits per heavy atom. The average Bonchev–Trinajstić information content (AvgIpc) is 3.27. The topological polar surface area (TPSA) is 79.0 Å². The van der Waals surface area contributed by atoms with Crippen molar-refractivity contribution in [2.75, 3.05) is 11.9 Å². The van der Waals surface area contributed by atoms with E-state index >= 15 is 0 Å². The lowest BCUT2D eigenvalue weighted by molar-refractivity contribution is -0.142. The molecule has 0 fully saturated rings. The van der Waals surface area contributed by atoms with Crippen molar-refractivity contribution in [3.05, 3.63) is 82.7 Å². The molecule has 3 aromatic rings. The third-order valence-corrected chi connectivity index (χ3v) is 6.69. The Bertz CT molecular complexity index is 1330. The van der Waals surface area contributed by atoms with Crippen LogP contribution in [0.2, 0.25) is 0 Å². The molecular weight excluding hydrogens is 481 g/mol. The molecule has 1 amide bonds. The Balaban J connectivity index is 1.58. The van der Waals surface area contributed by atoms with Gasteiger partial charge in [0.25, 0.3) is 0 Å². The van der Waals surface area contributed by atoms with E-state index in [9.17, 15) is 28.0 Å². The maximum absolute atomic E-state index is 13.6. The zero-order chi connectivity index (χ0) is 26.6. The van der Waals surface area contributed by atoms with Gasteiger partial charge in [0.2, 0.25) is 5.91 Å². The summed E-state index contributed by atoms with van der Waals surface area (Å²) in [7, 11) is 1.63. The maximum Gasteiger partial charge on any atom is 0.435 e.